The molecule has 0 radical (unpaired) electrons. The molecule has 1 aliphatic carbocycles. The van der Waals surface area contributed by atoms with Crippen LogP contribution in [0.4, 0.5) is 0 Å². The minimum atomic E-state index is 0.717. The Labute approximate surface area is 119 Å². The maximum absolute atomic E-state index is 3.61. The summed E-state index contributed by atoms with van der Waals surface area (Å²) in [5, 5.41) is 3.61. The van der Waals surface area contributed by atoms with Crippen molar-refractivity contribution in [3.63, 3.8) is 0 Å². The highest BCUT2D eigenvalue weighted by molar-refractivity contribution is 4.87. The van der Waals surface area contributed by atoms with Crippen molar-refractivity contribution >= 4 is 0 Å². The molecular formula is C16H33N3. The van der Waals surface area contributed by atoms with Crippen LogP contribution in [0.5, 0.6) is 0 Å². The van der Waals surface area contributed by atoms with E-state index in [0.29, 0.717) is 0 Å². The molecule has 112 valence electrons. The second-order valence-corrected chi connectivity index (χ2v) is 7.21. The van der Waals surface area contributed by atoms with E-state index in [1.807, 2.05) is 0 Å². The first-order valence-electron chi connectivity index (χ1n) is 8.21. The van der Waals surface area contributed by atoms with E-state index in [1.165, 1.54) is 45.4 Å². The van der Waals surface area contributed by atoms with Crippen molar-refractivity contribution in [2.75, 3.05) is 39.8 Å². The van der Waals surface area contributed by atoms with Crippen molar-refractivity contribution in [1.29, 1.82) is 0 Å². The van der Waals surface area contributed by atoms with Gasteiger partial charge in [-0.2, -0.15) is 0 Å². The van der Waals surface area contributed by atoms with Crippen molar-refractivity contribution in [2.24, 2.45) is 11.8 Å². The highest BCUT2D eigenvalue weighted by Crippen LogP contribution is 2.27. The van der Waals surface area contributed by atoms with Crippen molar-refractivity contribution in [2.45, 2.75) is 52.1 Å². The summed E-state index contributed by atoms with van der Waals surface area (Å²) >= 11 is 0. The summed E-state index contributed by atoms with van der Waals surface area (Å²) in [7, 11) is 2.31. The molecular weight excluding hydrogens is 234 g/mol. The monoisotopic (exact) mass is 267 g/mol. The summed E-state index contributed by atoms with van der Waals surface area (Å²) in [6.45, 7) is 13.2. The van der Waals surface area contributed by atoms with Crippen molar-refractivity contribution in [3.05, 3.63) is 0 Å². The molecule has 3 heteroatoms. The third-order valence-corrected chi connectivity index (χ3v) is 4.70. The van der Waals surface area contributed by atoms with E-state index < -0.39 is 0 Å². The van der Waals surface area contributed by atoms with E-state index in [0.717, 1.165) is 30.5 Å². The zero-order valence-corrected chi connectivity index (χ0v) is 13.4. The molecule has 0 amide bonds. The minimum Gasteiger partial charge on any atom is -0.316 e. The molecule has 0 aromatic carbocycles. The molecule has 19 heavy (non-hydrogen) atoms. The van der Waals surface area contributed by atoms with Gasteiger partial charge in [0.2, 0.25) is 0 Å². The van der Waals surface area contributed by atoms with Crippen molar-refractivity contribution in [3.8, 4) is 0 Å². The van der Waals surface area contributed by atoms with Gasteiger partial charge in [-0.3, -0.25) is 4.90 Å². The predicted molar refractivity (Wildman–Crippen MR) is 82.5 cm³/mol. The molecule has 0 spiro atoms. The fourth-order valence-electron chi connectivity index (χ4n) is 3.17. The van der Waals surface area contributed by atoms with Crippen LogP contribution >= 0.6 is 0 Å². The molecule has 2 fully saturated rings. The van der Waals surface area contributed by atoms with Gasteiger partial charge in [0, 0.05) is 25.2 Å². The summed E-state index contributed by atoms with van der Waals surface area (Å²) in [4.78, 5) is 5.26. The molecule has 1 aliphatic heterocycles. The van der Waals surface area contributed by atoms with Crippen LogP contribution in [0.1, 0.15) is 40.0 Å². The van der Waals surface area contributed by atoms with E-state index in [4.69, 9.17) is 0 Å². The highest BCUT2D eigenvalue weighted by Gasteiger charge is 2.31. The fraction of sp³-hybridized carbons (Fsp3) is 1.00. The van der Waals surface area contributed by atoms with Gasteiger partial charge in [-0.05, 0) is 64.7 Å². The lowest BCUT2D eigenvalue weighted by Gasteiger charge is -2.28. The highest BCUT2D eigenvalue weighted by atomic mass is 15.2. The Balaban J connectivity index is 1.61. The van der Waals surface area contributed by atoms with Crippen LogP contribution in [0.2, 0.25) is 0 Å². The largest absolute Gasteiger partial charge is 0.316 e. The first kappa shape index (κ1) is 15.3. The quantitative estimate of drug-likeness (QED) is 0.726. The third kappa shape index (κ3) is 5.05. The third-order valence-electron chi connectivity index (χ3n) is 4.70. The first-order valence-corrected chi connectivity index (χ1v) is 8.21. The van der Waals surface area contributed by atoms with Crippen LogP contribution in [0.15, 0.2) is 0 Å². The van der Waals surface area contributed by atoms with Gasteiger partial charge in [0.05, 0.1) is 0 Å². The van der Waals surface area contributed by atoms with E-state index in [-0.39, 0.29) is 0 Å². The van der Waals surface area contributed by atoms with Crippen LogP contribution in [-0.2, 0) is 0 Å². The molecule has 1 N–H and O–H groups in total. The van der Waals surface area contributed by atoms with Crippen LogP contribution < -0.4 is 5.32 Å². The number of likely N-dealkylation sites (tertiary alicyclic amines) is 1. The lowest BCUT2D eigenvalue weighted by atomic mass is 10.1. The van der Waals surface area contributed by atoms with E-state index in [9.17, 15) is 0 Å². The molecule has 1 saturated heterocycles. The Bertz CT molecular complexity index is 263. The summed E-state index contributed by atoms with van der Waals surface area (Å²) in [6, 6.07) is 1.61. The predicted octanol–water partition coefficient (Wildman–Crippen LogP) is 2.04. The molecule has 3 nitrogen and oxygen atoms in total. The van der Waals surface area contributed by atoms with Crippen LogP contribution in [-0.4, -0.2) is 61.7 Å². The molecule has 0 aromatic rings. The fourth-order valence-corrected chi connectivity index (χ4v) is 3.17. The van der Waals surface area contributed by atoms with Crippen LogP contribution in [0.3, 0.4) is 0 Å². The summed E-state index contributed by atoms with van der Waals surface area (Å²) < 4.78 is 0. The maximum atomic E-state index is 3.61. The lowest BCUT2D eigenvalue weighted by Crippen LogP contribution is -2.41. The van der Waals surface area contributed by atoms with Gasteiger partial charge in [-0.1, -0.05) is 13.8 Å². The smallest absolute Gasteiger partial charge is 0.0194 e. The number of hydrogen-bond donors (Lipinski definition) is 1. The number of nitrogens with zero attached hydrogens (tertiary/aromatic N) is 2. The van der Waals surface area contributed by atoms with Crippen LogP contribution in [0, 0.1) is 11.8 Å². The molecule has 2 atom stereocenters. The Hall–Kier alpha value is -0.120. The average molecular weight is 267 g/mol. The topological polar surface area (TPSA) is 18.5 Å². The molecule has 2 rings (SSSR count). The van der Waals surface area contributed by atoms with Gasteiger partial charge in [0.25, 0.3) is 0 Å². The van der Waals surface area contributed by atoms with Gasteiger partial charge < -0.3 is 10.2 Å². The summed E-state index contributed by atoms with van der Waals surface area (Å²) in [6.07, 6.45) is 4.22. The van der Waals surface area contributed by atoms with Gasteiger partial charge in [0.1, 0.15) is 0 Å². The Morgan fingerprint density at radius 1 is 1.21 bits per heavy atom. The Morgan fingerprint density at radius 2 is 1.95 bits per heavy atom. The summed E-state index contributed by atoms with van der Waals surface area (Å²) in [5.74, 6) is 1.64. The van der Waals surface area contributed by atoms with Crippen molar-refractivity contribution < 1.29 is 0 Å². The van der Waals surface area contributed by atoms with Gasteiger partial charge in [-0.15, -0.1) is 0 Å². The Morgan fingerprint density at radius 3 is 2.58 bits per heavy atom. The summed E-state index contributed by atoms with van der Waals surface area (Å²) in [5.41, 5.74) is 0. The lowest BCUT2D eigenvalue weighted by molar-refractivity contribution is 0.182. The minimum absolute atomic E-state index is 0.717. The van der Waals surface area contributed by atoms with Gasteiger partial charge in [0.15, 0.2) is 0 Å². The standard InChI is InChI=1S/C16H33N3/c1-13(2)9-17-10-15-7-8-19(12-15)11-14(3)18(4)16-5-6-16/h13-17H,5-12H2,1-4H3. The molecule has 2 unspecified atom stereocenters. The first-order chi connectivity index (χ1) is 9.06. The maximum Gasteiger partial charge on any atom is 0.0194 e. The number of nitrogens with one attached hydrogen (secondary N) is 1. The SMILES string of the molecule is CC(C)CNCC1CCN(CC(C)N(C)C2CC2)C1. The number of rotatable bonds is 8. The Kier molecular flexibility index (Phi) is 5.67. The zero-order chi connectivity index (χ0) is 13.8. The average Bonchev–Trinajstić information content (AvgIpc) is 3.11. The second kappa shape index (κ2) is 7.05. The van der Waals surface area contributed by atoms with Crippen LogP contribution in [0.25, 0.3) is 0 Å². The van der Waals surface area contributed by atoms with E-state index >= 15 is 0 Å². The molecule has 1 saturated carbocycles. The van der Waals surface area contributed by atoms with E-state index in [1.54, 1.807) is 0 Å². The van der Waals surface area contributed by atoms with Gasteiger partial charge >= 0.3 is 0 Å². The molecule has 0 bridgehead atoms. The molecule has 2 aliphatic rings. The number of hydrogen-bond acceptors (Lipinski definition) is 3. The normalized spacial score (nSPS) is 26.5. The zero-order valence-electron chi connectivity index (χ0n) is 13.4. The van der Waals surface area contributed by atoms with Crippen molar-refractivity contribution in [1.82, 2.24) is 15.1 Å². The van der Waals surface area contributed by atoms with E-state index in [2.05, 4.69) is 42.9 Å². The second-order valence-electron chi connectivity index (χ2n) is 7.21. The molecule has 0 aromatic heterocycles. The number of likely N-dealkylation sites (N-methyl/N-ethyl adjacent to an activating group) is 1. The van der Waals surface area contributed by atoms with Gasteiger partial charge in [-0.25, -0.2) is 0 Å². The molecule has 1 heterocycles.